The predicted molar refractivity (Wildman–Crippen MR) is 97.9 cm³/mol. The molecule has 0 saturated carbocycles. The smallest absolute Gasteiger partial charge is 0.340 e. The molecule has 1 aromatic heterocycles. The van der Waals surface area contributed by atoms with Crippen molar-refractivity contribution >= 4 is 11.6 Å². The Kier molecular flexibility index (Phi) is 4.27. The molecular weight excluding hydrogens is 400 g/mol. The van der Waals surface area contributed by atoms with Crippen molar-refractivity contribution in [3.8, 4) is 17.2 Å². The number of hydrogen-bond acceptors (Lipinski definition) is 9. The summed E-state index contributed by atoms with van der Waals surface area (Å²) >= 11 is 0. The summed E-state index contributed by atoms with van der Waals surface area (Å²) in [6.07, 6.45) is 0.162. The monoisotopic (exact) mass is 420 g/mol. The Bertz CT molecular complexity index is 1090. The van der Waals surface area contributed by atoms with E-state index in [0.717, 1.165) is 0 Å². The highest BCUT2D eigenvalue weighted by Gasteiger charge is 2.69. The van der Waals surface area contributed by atoms with Gasteiger partial charge in [-0.3, -0.25) is 9.59 Å². The highest BCUT2D eigenvalue weighted by Crippen LogP contribution is 2.56. The summed E-state index contributed by atoms with van der Waals surface area (Å²) in [6, 6.07) is 1.49. The van der Waals surface area contributed by atoms with Crippen molar-refractivity contribution in [1.29, 1.82) is 0 Å². The lowest BCUT2D eigenvalue weighted by Crippen LogP contribution is -2.71. The van der Waals surface area contributed by atoms with Gasteiger partial charge >= 0.3 is 5.79 Å². The van der Waals surface area contributed by atoms with E-state index in [-0.39, 0.29) is 52.3 Å². The number of ether oxygens (including phenoxy) is 4. The molecule has 3 atom stereocenters. The summed E-state index contributed by atoms with van der Waals surface area (Å²) in [5.41, 5.74) is 1.01. The summed E-state index contributed by atoms with van der Waals surface area (Å²) in [5.74, 6) is -5.36. The largest absolute Gasteiger partial charge is 0.493 e. The summed E-state index contributed by atoms with van der Waals surface area (Å²) in [4.78, 5) is 25.8. The van der Waals surface area contributed by atoms with E-state index < -0.39 is 29.2 Å². The second-order valence-electron chi connectivity index (χ2n) is 7.35. The van der Waals surface area contributed by atoms with Crippen LogP contribution >= 0.6 is 0 Å². The molecule has 10 heteroatoms. The van der Waals surface area contributed by atoms with Gasteiger partial charge in [0.2, 0.25) is 11.5 Å². The third-order valence-electron chi connectivity index (χ3n) is 5.84. The van der Waals surface area contributed by atoms with E-state index in [9.17, 15) is 19.8 Å². The number of furan rings is 1. The van der Waals surface area contributed by atoms with Crippen molar-refractivity contribution in [2.45, 2.75) is 37.4 Å². The molecule has 0 saturated heterocycles. The SMILES string of the molecule is COc1cc2c(c3c1O[C@@]1(OC)Cc4coc(C)c4C(=O)[C@]1(O)O3)C(=O)C[C@H]2O.O. The van der Waals surface area contributed by atoms with Gasteiger partial charge in [0, 0.05) is 25.5 Å². The summed E-state index contributed by atoms with van der Waals surface area (Å²) in [6.45, 7) is 1.60. The number of hydrogen-bond donors (Lipinski definition) is 2. The maximum absolute atomic E-state index is 13.3. The fourth-order valence-corrected chi connectivity index (χ4v) is 4.37. The molecule has 2 aliphatic carbocycles. The van der Waals surface area contributed by atoms with Crippen molar-refractivity contribution in [1.82, 2.24) is 0 Å². The fourth-order valence-electron chi connectivity index (χ4n) is 4.37. The molecule has 2 aromatic rings. The maximum atomic E-state index is 13.3. The molecule has 0 unspecified atom stereocenters. The van der Waals surface area contributed by atoms with Crippen LogP contribution in [0.3, 0.4) is 0 Å². The maximum Gasteiger partial charge on any atom is 0.340 e. The number of ketones is 2. The molecule has 5 rings (SSSR count). The molecule has 160 valence electrons. The first-order valence-corrected chi connectivity index (χ1v) is 8.99. The zero-order valence-electron chi connectivity index (χ0n) is 16.4. The van der Waals surface area contributed by atoms with Gasteiger partial charge in [0.25, 0.3) is 5.79 Å². The lowest BCUT2D eigenvalue weighted by molar-refractivity contribution is -0.328. The molecule has 0 amide bonds. The second-order valence-corrected chi connectivity index (χ2v) is 7.35. The zero-order valence-corrected chi connectivity index (χ0v) is 16.4. The first-order chi connectivity index (χ1) is 13.8. The van der Waals surface area contributed by atoms with Gasteiger partial charge in [-0.2, -0.15) is 0 Å². The molecule has 3 aliphatic rings. The number of rotatable bonds is 2. The van der Waals surface area contributed by atoms with Crippen LogP contribution in [-0.2, 0) is 11.2 Å². The highest BCUT2D eigenvalue weighted by molar-refractivity contribution is 6.08. The average molecular weight is 420 g/mol. The van der Waals surface area contributed by atoms with E-state index in [0.29, 0.717) is 11.3 Å². The number of methoxy groups -OCH3 is 2. The Hall–Kier alpha value is -2.92. The van der Waals surface area contributed by atoms with Gasteiger partial charge in [0.05, 0.1) is 30.6 Å². The van der Waals surface area contributed by atoms with Gasteiger partial charge in [-0.1, -0.05) is 0 Å². The molecule has 30 heavy (non-hydrogen) atoms. The Morgan fingerprint density at radius 3 is 2.57 bits per heavy atom. The normalized spacial score (nSPS) is 28.4. The Morgan fingerprint density at radius 2 is 1.90 bits per heavy atom. The van der Waals surface area contributed by atoms with Crippen molar-refractivity contribution in [2.24, 2.45) is 0 Å². The van der Waals surface area contributed by atoms with E-state index in [1.807, 2.05) is 0 Å². The fraction of sp³-hybridized carbons (Fsp3) is 0.400. The molecule has 0 spiro atoms. The molecule has 0 radical (unpaired) electrons. The number of aliphatic hydroxyl groups is 2. The van der Waals surface area contributed by atoms with E-state index in [4.69, 9.17) is 23.4 Å². The van der Waals surface area contributed by atoms with Crippen LogP contribution in [0.2, 0.25) is 0 Å². The average Bonchev–Trinajstić information content (AvgIpc) is 3.19. The topological polar surface area (TPSA) is 156 Å². The van der Waals surface area contributed by atoms with Crippen LogP contribution in [0.15, 0.2) is 16.7 Å². The summed E-state index contributed by atoms with van der Waals surface area (Å²) in [5, 5.41) is 21.6. The summed E-state index contributed by atoms with van der Waals surface area (Å²) in [7, 11) is 2.66. The van der Waals surface area contributed by atoms with Gasteiger partial charge in [-0.05, 0) is 18.6 Å². The van der Waals surface area contributed by atoms with Crippen LogP contribution in [-0.4, -0.2) is 53.0 Å². The molecule has 0 fully saturated rings. The van der Waals surface area contributed by atoms with E-state index >= 15 is 0 Å². The van der Waals surface area contributed by atoms with Crippen LogP contribution in [0.5, 0.6) is 17.2 Å². The number of aryl methyl sites for hydroxylation is 1. The van der Waals surface area contributed by atoms with Gasteiger partial charge in [-0.15, -0.1) is 0 Å². The predicted octanol–water partition coefficient (Wildman–Crippen LogP) is 0.633. The Balaban J connectivity index is 0.00000218. The van der Waals surface area contributed by atoms with E-state index in [1.54, 1.807) is 6.92 Å². The first-order valence-electron chi connectivity index (χ1n) is 8.99. The first kappa shape index (κ1) is 20.4. The standard InChI is InChI=1S/C20H18O9.H2O/c1-8-14-9(7-27-8)6-19(26-3)20(24,18(14)23)29-17-15-10(11(21)5-12(15)22)4-13(25-2)16(17)28-19;/h4,7,11,21,24H,5-6H2,1-3H3;1H2/t11-,19+,20+;/m1./s1. The highest BCUT2D eigenvalue weighted by atomic mass is 16.8. The van der Waals surface area contributed by atoms with Gasteiger partial charge in [0.1, 0.15) is 5.76 Å². The van der Waals surface area contributed by atoms with Crippen molar-refractivity contribution in [3.05, 3.63) is 40.3 Å². The minimum absolute atomic E-state index is 0. The van der Waals surface area contributed by atoms with Crippen LogP contribution in [0, 0.1) is 6.92 Å². The summed E-state index contributed by atoms with van der Waals surface area (Å²) < 4.78 is 28.0. The van der Waals surface area contributed by atoms with E-state index in [1.165, 1.54) is 26.5 Å². The lowest BCUT2D eigenvalue weighted by atomic mass is 9.81. The third-order valence-corrected chi connectivity index (χ3v) is 5.84. The lowest BCUT2D eigenvalue weighted by Gasteiger charge is -2.49. The van der Waals surface area contributed by atoms with Gasteiger partial charge in [0.15, 0.2) is 17.3 Å². The van der Waals surface area contributed by atoms with E-state index in [2.05, 4.69) is 0 Å². The number of fused-ring (bicyclic) bond motifs is 5. The third kappa shape index (κ3) is 2.21. The Morgan fingerprint density at radius 1 is 1.17 bits per heavy atom. The second kappa shape index (κ2) is 6.29. The number of carbonyl (C=O) groups excluding carboxylic acids is 2. The molecule has 4 N–H and O–H groups in total. The number of aliphatic hydroxyl groups excluding tert-OH is 1. The van der Waals surface area contributed by atoms with Crippen LogP contribution in [0.25, 0.3) is 0 Å². The van der Waals surface area contributed by atoms with Crippen molar-refractivity contribution in [2.75, 3.05) is 14.2 Å². The minimum atomic E-state index is -2.58. The van der Waals surface area contributed by atoms with Gasteiger partial charge < -0.3 is 39.1 Å². The van der Waals surface area contributed by atoms with Gasteiger partial charge in [-0.25, -0.2) is 0 Å². The molecule has 1 aliphatic heterocycles. The Labute approximate surface area is 170 Å². The van der Waals surface area contributed by atoms with Crippen molar-refractivity contribution in [3.63, 3.8) is 0 Å². The quantitative estimate of drug-likeness (QED) is 0.711. The number of Topliss-reactive ketones (excluding diaryl/α,β-unsaturated/α-hetero) is 2. The number of benzene rings is 1. The molecule has 2 heterocycles. The minimum Gasteiger partial charge on any atom is -0.493 e. The van der Waals surface area contributed by atoms with Crippen molar-refractivity contribution < 1.29 is 48.6 Å². The van der Waals surface area contributed by atoms with Crippen LogP contribution in [0.1, 0.15) is 50.1 Å². The molecule has 0 bridgehead atoms. The molecular formula is C20H20O10. The van der Waals surface area contributed by atoms with Crippen LogP contribution in [0.4, 0.5) is 0 Å². The van der Waals surface area contributed by atoms with Crippen LogP contribution < -0.4 is 14.2 Å². The molecule has 1 aromatic carbocycles. The zero-order chi connectivity index (χ0) is 20.7. The number of carbonyl (C=O) groups is 2. The molecule has 10 nitrogen and oxygen atoms in total.